The zero-order valence-electron chi connectivity index (χ0n) is 18.6. The van der Waals surface area contributed by atoms with Crippen LogP contribution in [0.25, 0.3) is 11.6 Å². The molecule has 0 unspecified atom stereocenters. The molecule has 0 aromatic heterocycles. The van der Waals surface area contributed by atoms with Crippen LogP contribution in [0, 0.1) is 6.92 Å². The Hall–Kier alpha value is -2.37. The predicted octanol–water partition coefficient (Wildman–Crippen LogP) is 7.89. The molecule has 0 fully saturated rings. The molecule has 0 bridgehead atoms. The monoisotopic (exact) mass is 553 g/mol. The van der Waals surface area contributed by atoms with E-state index in [1.54, 1.807) is 0 Å². The lowest BCUT2D eigenvalue weighted by Gasteiger charge is -2.25. The van der Waals surface area contributed by atoms with Crippen molar-refractivity contribution in [3.8, 4) is 5.75 Å². The minimum atomic E-state index is -0.141. The highest BCUT2D eigenvalue weighted by Gasteiger charge is 2.28. The highest BCUT2D eigenvalue weighted by atomic mass is 79.9. The van der Waals surface area contributed by atoms with E-state index in [2.05, 4.69) is 76.1 Å². The molecule has 3 aromatic rings. The van der Waals surface area contributed by atoms with Gasteiger partial charge in [0.2, 0.25) is 0 Å². The number of anilines is 1. The summed E-state index contributed by atoms with van der Waals surface area (Å²) >= 11 is 7.31. The van der Waals surface area contributed by atoms with Gasteiger partial charge in [-0.1, -0.05) is 67.0 Å². The van der Waals surface area contributed by atoms with Crippen LogP contribution in [0.4, 0.5) is 5.69 Å². The first-order valence-corrected chi connectivity index (χ1v) is 12.1. The van der Waals surface area contributed by atoms with Crippen molar-refractivity contribution in [3.05, 3.63) is 91.4 Å². The van der Waals surface area contributed by atoms with Crippen LogP contribution in [0.2, 0.25) is 0 Å². The molecule has 0 spiro atoms. The van der Waals surface area contributed by atoms with Gasteiger partial charge in [-0.15, -0.1) is 0 Å². The fourth-order valence-electron chi connectivity index (χ4n) is 3.88. The van der Waals surface area contributed by atoms with Crippen molar-refractivity contribution in [2.45, 2.75) is 39.7 Å². The van der Waals surface area contributed by atoms with E-state index in [4.69, 9.17) is 4.74 Å². The number of carbonyl (C=O) groups is 1. The third kappa shape index (κ3) is 4.55. The van der Waals surface area contributed by atoms with Crippen molar-refractivity contribution in [1.82, 2.24) is 0 Å². The summed E-state index contributed by atoms with van der Waals surface area (Å²) in [6.07, 6.45) is 1.96. The summed E-state index contributed by atoms with van der Waals surface area (Å²) in [7, 11) is 0. The van der Waals surface area contributed by atoms with E-state index >= 15 is 0 Å². The summed E-state index contributed by atoms with van der Waals surface area (Å²) < 4.78 is 8.12. The maximum Gasteiger partial charge on any atom is 0.256 e. The Morgan fingerprint density at radius 1 is 1.00 bits per heavy atom. The number of hydrogen-bond donors (Lipinski definition) is 1. The van der Waals surface area contributed by atoms with E-state index < -0.39 is 0 Å². The molecule has 5 heteroatoms. The molecule has 0 radical (unpaired) electrons. The molecule has 1 heterocycles. The van der Waals surface area contributed by atoms with Crippen LogP contribution in [0.15, 0.2) is 63.5 Å². The first-order chi connectivity index (χ1) is 15.1. The van der Waals surface area contributed by atoms with Crippen molar-refractivity contribution in [2.24, 2.45) is 0 Å². The maximum absolute atomic E-state index is 12.8. The van der Waals surface area contributed by atoms with Crippen molar-refractivity contribution in [1.29, 1.82) is 0 Å². The molecule has 1 aliphatic heterocycles. The van der Waals surface area contributed by atoms with Gasteiger partial charge in [0.15, 0.2) is 0 Å². The van der Waals surface area contributed by atoms with E-state index in [-0.39, 0.29) is 11.3 Å². The van der Waals surface area contributed by atoms with Gasteiger partial charge < -0.3 is 10.1 Å². The lowest BCUT2D eigenvalue weighted by atomic mass is 9.85. The van der Waals surface area contributed by atoms with Gasteiger partial charge in [-0.05, 0) is 75.3 Å². The Morgan fingerprint density at radius 2 is 1.72 bits per heavy atom. The predicted molar refractivity (Wildman–Crippen MR) is 139 cm³/mol. The summed E-state index contributed by atoms with van der Waals surface area (Å²) in [5, 5.41) is 2.98. The fraction of sp³-hybridized carbons (Fsp3) is 0.222. The molecule has 32 heavy (non-hydrogen) atoms. The third-order valence-corrected chi connectivity index (χ3v) is 7.02. The van der Waals surface area contributed by atoms with Crippen LogP contribution in [-0.2, 0) is 16.8 Å². The molecular weight excluding hydrogens is 530 g/mol. The highest BCUT2D eigenvalue weighted by molar-refractivity contribution is 9.10. The molecule has 3 nitrogen and oxygen atoms in total. The van der Waals surface area contributed by atoms with E-state index in [0.29, 0.717) is 12.2 Å². The van der Waals surface area contributed by atoms with Gasteiger partial charge in [-0.3, -0.25) is 4.79 Å². The first kappa shape index (κ1) is 22.8. The minimum absolute atomic E-state index is 0.0842. The zero-order valence-corrected chi connectivity index (χ0v) is 21.7. The average Bonchev–Trinajstić information content (AvgIpc) is 3.05. The summed E-state index contributed by atoms with van der Waals surface area (Å²) in [4.78, 5) is 12.8. The molecule has 4 rings (SSSR count). The standard InChI is InChI=1S/C27H25Br2NO2/c1-16-21(28)10-11-23-24(16)19(26(31)30-23)12-18-13-20(27(2,3)4)25(22(29)14-18)32-15-17-8-6-5-7-9-17/h5-14H,15H2,1-4H3,(H,30,31). The summed E-state index contributed by atoms with van der Waals surface area (Å²) in [6.45, 7) is 9.01. The van der Waals surface area contributed by atoms with Gasteiger partial charge in [0.05, 0.1) is 4.47 Å². The molecule has 0 saturated heterocycles. The Bertz CT molecular complexity index is 1220. The second kappa shape index (κ2) is 8.87. The van der Waals surface area contributed by atoms with Gasteiger partial charge in [0.1, 0.15) is 12.4 Å². The van der Waals surface area contributed by atoms with Crippen molar-refractivity contribution < 1.29 is 9.53 Å². The largest absolute Gasteiger partial charge is 0.487 e. The van der Waals surface area contributed by atoms with Gasteiger partial charge in [0.25, 0.3) is 5.91 Å². The fourth-order valence-corrected chi connectivity index (χ4v) is 4.80. The summed E-state index contributed by atoms with van der Waals surface area (Å²) in [6, 6.07) is 18.2. The lowest BCUT2D eigenvalue weighted by Crippen LogP contribution is -2.14. The molecule has 1 amide bonds. The Balaban J connectivity index is 1.77. The molecule has 0 aliphatic carbocycles. The number of benzene rings is 3. The van der Waals surface area contributed by atoms with E-state index in [9.17, 15) is 4.79 Å². The summed E-state index contributed by atoms with van der Waals surface area (Å²) in [5.41, 5.74) is 6.52. The maximum atomic E-state index is 12.8. The van der Waals surface area contributed by atoms with Crippen LogP contribution in [-0.4, -0.2) is 5.91 Å². The Morgan fingerprint density at radius 3 is 2.41 bits per heavy atom. The van der Waals surface area contributed by atoms with E-state index in [1.165, 1.54) is 0 Å². The number of ether oxygens (including phenoxy) is 1. The van der Waals surface area contributed by atoms with Crippen LogP contribution in [0.3, 0.4) is 0 Å². The Labute approximate surface area is 206 Å². The molecule has 0 saturated carbocycles. The molecule has 0 atom stereocenters. The number of amides is 1. The summed E-state index contributed by atoms with van der Waals surface area (Å²) in [5.74, 6) is 0.748. The van der Waals surface area contributed by atoms with Crippen LogP contribution in [0.5, 0.6) is 5.75 Å². The van der Waals surface area contributed by atoms with E-state index in [1.807, 2.05) is 49.4 Å². The third-order valence-electron chi connectivity index (χ3n) is 5.57. The normalized spacial score (nSPS) is 14.4. The SMILES string of the molecule is Cc1c(Br)ccc2c1C(=Cc1cc(Br)c(OCc3ccccc3)c(C(C)(C)C)c1)C(=O)N2. The smallest absolute Gasteiger partial charge is 0.256 e. The second-order valence-electron chi connectivity index (χ2n) is 9.01. The molecule has 164 valence electrons. The second-order valence-corrected chi connectivity index (χ2v) is 10.7. The molecule has 3 aromatic carbocycles. The molecular formula is C27H25Br2NO2. The van der Waals surface area contributed by atoms with Crippen molar-refractivity contribution in [2.75, 3.05) is 5.32 Å². The van der Waals surface area contributed by atoms with Crippen molar-refractivity contribution in [3.63, 3.8) is 0 Å². The van der Waals surface area contributed by atoms with E-state index in [0.717, 1.165) is 48.2 Å². The van der Waals surface area contributed by atoms with Gasteiger partial charge in [0, 0.05) is 26.9 Å². The van der Waals surface area contributed by atoms with Crippen molar-refractivity contribution >= 4 is 55.1 Å². The number of nitrogens with one attached hydrogen (secondary N) is 1. The highest BCUT2D eigenvalue weighted by Crippen LogP contribution is 2.42. The number of fused-ring (bicyclic) bond motifs is 1. The number of carbonyl (C=O) groups excluding carboxylic acids is 1. The van der Waals surface area contributed by atoms with Crippen LogP contribution in [0.1, 0.15) is 48.6 Å². The minimum Gasteiger partial charge on any atom is -0.487 e. The van der Waals surface area contributed by atoms with Crippen LogP contribution < -0.4 is 10.1 Å². The topological polar surface area (TPSA) is 38.3 Å². The Kier molecular flexibility index (Phi) is 6.33. The number of halogens is 2. The number of hydrogen-bond acceptors (Lipinski definition) is 2. The quantitative estimate of drug-likeness (QED) is 0.333. The van der Waals surface area contributed by atoms with Gasteiger partial charge >= 0.3 is 0 Å². The average molecular weight is 555 g/mol. The lowest BCUT2D eigenvalue weighted by molar-refractivity contribution is -0.110. The molecule has 1 N–H and O–H groups in total. The van der Waals surface area contributed by atoms with Gasteiger partial charge in [-0.25, -0.2) is 0 Å². The number of rotatable bonds is 4. The first-order valence-electron chi connectivity index (χ1n) is 10.5. The molecule has 1 aliphatic rings. The van der Waals surface area contributed by atoms with Crippen LogP contribution >= 0.6 is 31.9 Å². The van der Waals surface area contributed by atoms with Gasteiger partial charge in [-0.2, -0.15) is 0 Å². The zero-order chi connectivity index (χ0) is 23.0.